The number of aromatic nitrogens is 3. The molecule has 7 nitrogen and oxygen atoms in total. The molecule has 2 heterocycles. The molecular weight excluding hydrogens is 368 g/mol. The largest absolute Gasteiger partial charge is 0.497 e. The average molecular weight is 386 g/mol. The van der Waals surface area contributed by atoms with Crippen molar-refractivity contribution in [3.8, 4) is 17.1 Å². The molecule has 0 saturated heterocycles. The van der Waals surface area contributed by atoms with Crippen LogP contribution in [-0.2, 0) is 6.42 Å². The Bertz CT molecular complexity index is 1090. The van der Waals surface area contributed by atoms with Gasteiger partial charge < -0.3 is 14.6 Å². The van der Waals surface area contributed by atoms with E-state index in [0.717, 1.165) is 16.9 Å². The zero-order chi connectivity index (χ0) is 20.1. The molecule has 0 aliphatic heterocycles. The van der Waals surface area contributed by atoms with E-state index in [0.29, 0.717) is 29.4 Å². The number of hydrogen-bond donors (Lipinski definition) is 1. The van der Waals surface area contributed by atoms with Crippen LogP contribution in [0.4, 0.5) is 5.69 Å². The van der Waals surface area contributed by atoms with Gasteiger partial charge in [-0.3, -0.25) is 9.78 Å². The molecule has 0 spiro atoms. The van der Waals surface area contributed by atoms with Gasteiger partial charge in [-0.05, 0) is 54.1 Å². The normalized spacial score (nSPS) is 10.5. The minimum Gasteiger partial charge on any atom is -0.497 e. The number of rotatable bonds is 6. The van der Waals surface area contributed by atoms with Crippen molar-refractivity contribution in [2.45, 2.75) is 6.42 Å². The van der Waals surface area contributed by atoms with Gasteiger partial charge in [0.15, 0.2) is 0 Å². The van der Waals surface area contributed by atoms with Crippen LogP contribution in [0.1, 0.15) is 21.8 Å². The minimum absolute atomic E-state index is 0.193. The molecule has 0 fully saturated rings. The van der Waals surface area contributed by atoms with Crippen molar-refractivity contribution >= 4 is 11.6 Å². The molecule has 0 aliphatic rings. The van der Waals surface area contributed by atoms with E-state index in [2.05, 4.69) is 20.4 Å². The SMILES string of the molecule is COc1ccc(Cc2nc(-c3ccc(NC(=O)c4ccncc4)cc3)no2)cc1. The summed E-state index contributed by atoms with van der Waals surface area (Å²) in [5, 5.41) is 6.89. The molecule has 2 aromatic carbocycles. The van der Waals surface area contributed by atoms with Gasteiger partial charge in [0.05, 0.1) is 13.5 Å². The van der Waals surface area contributed by atoms with Crippen LogP contribution in [0.2, 0.25) is 0 Å². The van der Waals surface area contributed by atoms with E-state index in [1.807, 2.05) is 36.4 Å². The van der Waals surface area contributed by atoms with Crippen LogP contribution in [-0.4, -0.2) is 28.1 Å². The Labute approximate surface area is 167 Å². The van der Waals surface area contributed by atoms with Gasteiger partial charge >= 0.3 is 0 Å². The molecule has 4 aromatic rings. The van der Waals surface area contributed by atoms with E-state index in [1.165, 1.54) is 0 Å². The standard InChI is InChI=1S/C22H18N4O3/c1-28-19-8-2-15(3-9-19)14-20-25-21(26-29-20)16-4-6-18(7-5-16)24-22(27)17-10-12-23-13-11-17/h2-13H,14H2,1H3,(H,24,27). The lowest BCUT2D eigenvalue weighted by Gasteiger charge is -2.05. The number of benzene rings is 2. The highest BCUT2D eigenvalue weighted by molar-refractivity contribution is 6.04. The van der Waals surface area contributed by atoms with Crippen molar-refractivity contribution < 1.29 is 14.1 Å². The summed E-state index contributed by atoms with van der Waals surface area (Å²) in [6.07, 6.45) is 3.70. The first-order valence-corrected chi connectivity index (χ1v) is 8.98. The van der Waals surface area contributed by atoms with E-state index < -0.39 is 0 Å². The number of carbonyl (C=O) groups excluding carboxylic acids is 1. The number of pyridine rings is 1. The second-order valence-corrected chi connectivity index (χ2v) is 6.30. The summed E-state index contributed by atoms with van der Waals surface area (Å²) in [5.41, 5.74) is 3.08. The van der Waals surface area contributed by atoms with E-state index in [9.17, 15) is 4.79 Å². The zero-order valence-electron chi connectivity index (χ0n) is 15.7. The molecule has 0 saturated carbocycles. The Morgan fingerprint density at radius 3 is 2.41 bits per heavy atom. The minimum atomic E-state index is -0.193. The van der Waals surface area contributed by atoms with Crippen LogP contribution in [0, 0.1) is 0 Å². The molecule has 2 aromatic heterocycles. The Balaban J connectivity index is 1.42. The first-order valence-electron chi connectivity index (χ1n) is 8.98. The fourth-order valence-electron chi connectivity index (χ4n) is 2.77. The van der Waals surface area contributed by atoms with Gasteiger partial charge in [-0.15, -0.1) is 0 Å². The Hall–Kier alpha value is -4.00. The van der Waals surface area contributed by atoms with Crippen molar-refractivity contribution in [1.82, 2.24) is 15.1 Å². The van der Waals surface area contributed by atoms with Gasteiger partial charge in [-0.1, -0.05) is 17.3 Å². The third-order valence-corrected chi connectivity index (χ3v) is 4.33. The number of nitrogens with one attached hydrogen (secondary N) is 1. The Morgan fingerprint density at radius 2 is 1.72 bits per heavy atom. The number of anilines is 1. The van der Waals surface area contributed by atoms with Crippen LogP contribution >= 0.6 is 0 Å². The van der Waals surface area contributed by atoms with Crippen LogP contribution in [0.3, 0.4) is 0 Å². The quantitative estimate of drug-likeness (QED) is 0.539. The van der Waals surface area contributed by atoms with Gasteiger partial charge in [0.1, 0.15) is 5.75 Å². The third kappa shape index (κ3) is 4.47. The topological polar surface area (TPSA) is 90.1 Å². The van der Waals surface area contributed by atoms with Crippen molar-refractivity contribution in [3.63, 3.8) is 0 Å². The number of hydrogen-bond acceptors (Lipinski definition) is 6. The van der Waals surface area contributed by atoms with Gasteiger partial charge in [-0.2, -0.15) is 4.98 Å². The maximum absolute atomic E-state index is 12.2. The van der Waals surface area contributed by atoms with Crippen molar-refractivity contribution in [1.29, 1.82) is 0 Å². The average Bonchev–Trinajstić information content (AvgIpc) is 3.24. The summed E-state index contributed by atoms with van der Waals surface area (Å²) >= 11 is 0. The summed E-state index contributed by atoms with van der Waals surface area (Å²) in [4.78, 5) is 20.6. The van der Waals surface area contributed by atoms with E-state index in [1.54, 1.807) is 43.8 Å². The molecular formula is C22H18N4O3. The van der Waals surface area contributed by atoms with Crippen LogP contribution in [0.25, 0.3) is 11.4 Å². The lowest BCUT2D eigenvalue weighted by Crippen LogP contribution is -2.11. The Kier molecular flexibility index (Phi) is 5.29. The highest BCUT2D eigenvalue weighted by Crippen LogP contribution is 2.21. The second kappa shape index (κ2) is 8.35. The molecule has 4 rings (SSSR count). The molecule has 0 bridgehead atoms. The fraction of sp³-hybridized carbons (Fsp3) is 0.0909. The summed E-state index contributed by atoms with van der Waals surface area (Å²) in [6.45, 7) is 0. The van der Waals surface area contributed by atoms with E-state index >= 15 is 0 Å². The van der Waals surface area contributed by atoms with Gasteiger partial charge in [0, 0.05) is 29.2 Å². The maximum Gasteiger partial charge on any atom is 0.255 e. The van der Waals surface area contributed by atoms with E-state index in [-0.39, 0.29) is 5.91 Å². The fourth-order valence-corrected chi connectivity index (χ4v) is 2.77. The third-order valence-electron chi connectivity index (χ3n) is 4.33. The number of amides is 1. The Morgan fingerprint density at radius 1 is 1.00 bits per heavy atom. The molecule has 1 N–H and O–H groups in total. The van der Waals surface area contributed by atoms with Crippen molar-refractivity contribution in [2.24, 2.45) is 0 Å². The first-order chi connectivity index (χ1) is 14.2. The highest BCUT2D eigenvalue weighted by Gasteiger charge is 2.10. The van der Waals surface area contributed by atoms with Gasteiger partial charge in [0.25, 0.3) is 5.91 Å². The number of nitrogens with zero attached hydrogens (tertiary/aromatic N) is 3. The maximum atomic E-state index is 12.2. The molecule has 29 heavy (non-hydrogen) atoms. The molecule has 0 unspecified atom stereocenters. The lowest BCUT2D eigenvalue weighted by atomic mass is 10.1. The highest BCUT2D eigenvalue weighted by atomic mass is 16.5. The first kappa shape index (κ1) is 18.4. The number of ether oxygens (including phenoxy) is 1. The number of carbonyl (C=O) groups is 1. The van der Waals surface area contributed by atoms with Gasteiger partial charge in [-0.25, -0.2) is 0 Å². The van der Waals surface area contributed by atoms with Gasteiger partial charge in [0.2, 0.25) is 11.7 Å². The summed E-state index contributed by atoms with van der Waals surface area (Å²) in [6, 6.07) is 18.3. The monoisotopic (exact) mass is 386 g/mol. The predicted octanol–water partition coefficient (Wildman–Crippen LogP) is 3.98. The summed E-state index contributed by atoms with van der Waals surface area (Å²) < 4.78 is 10.5. The predicted molar refractivity (Wildman–Crippen MR) is 108 cm³/mol. The van der Waals surface area contributed by atoms with Crippen molar-refractivity contribution in [3.05, 3.63) is 90.1 Å². The molecule has 7 heteroatoms. The molecule has 144 valence electrons. The molecule has 0 atom stereocenters. The lowest BCUT2D eigenvalue weighted by molar-refractivity contribution is 0.102. The van der Waals surface area contributed by atoms with Crippen LogP contribution in [0.15, 0.2) is 77.6 Å². The molecule has 0 radical (unpaired) electrons. The summed E-state index contributed by atoms with van der Waals surface area (Å²) in [5.74, 6) is 1.64. The molecule has 0 aliphatic carbocycles. The van der Waals surface area contributed by atoms with Crippen molar-refractivity contribution in [2.75, 3.05) is 12.4 Å². The van der Waals surface area contributed by atoms with E-state index in [4.69, 9.17) is 9.26 Å². The van der Waals surface area contributed by atoms with Crippen LogP contribution < -0.4 is 10.1 Å². The number of methoxy groups -OCH3 is 1. The second-order valence-electron chi connectivity index (χ2n) is 6.30. The summed E-state index contributed by atoms with van der Waals surface area (Å²) in [7, 11) is 1.63. The zero-order valence-corrected chi connectivity index (χ0v) is 15.7. The molecule has 1 amide bonds. The van der Waals surface area contributed by atoms with Crippen LogP contribution in [0.5, 0.6) is 5.75 Å². The smallest absolute Gasteiger partial charge is 0.255 e.